The highest BCUT2D eigenvalue weighted by Crippen LogP contribution is 2.38. The normalized spacial score (nSPS) is 14.3. The van der Waals surface area contributed by atoms with Crippen molar-refractivity contribution in [2.75, 3.05) is 7.11 Å². The first-order valence-electron chi connectivity index (χ1n) is 6.57. The summed E-state index contributed by atoms with van der Waals surface area (Å²) in [5.41, 5.74) is 2.82. The molecule has 0 N–H and O–H groups in total. The minimum atomic E-state index is -0.327. The van der Waals surface area contributed by atoms with Gasteiger partial charge in [0.05, 0.1) is 24.9 Å². The molecular weight excluding hydrogens is 320 g/mol. The lowest BCUT2D eigenvalue weighted by molar-refractivity contribution is 0.0600. The van der Waals surface area contributed by atoms with Crippen LogP contribution in [0, 0.1) is 0 Å². The van der Waals surface area contributed by atoms with Gasteiger partial charge in [-0.3, -0.25) is 4.68 Å². The van der Waals surface area contributed by atoms with Gasteiger partial charge in [0.2, 0.25) is 0 Å². The Morgan fingerprint density at radius 2 is 2.25 bits per heavy atom. The van der Waals surface area contributed by atoms with Gasteiger partial charge in [0.15, 0.2) is 0 Å². The third kappa shape index (κ3) is 2.77. The molecule has 0 unspecified atom stereocenters. The molecule has 0 saturated heterocycles. The highest BCUT2D eigenvalue weighted by molar-refractivity contribution is 9.10. The number of esters is 1. The zero-order chi connectivity index (χ0) is 14.1. The molecule has 2 aromatic rings. The van der Waals surface area contributed by atoms with Gasteiger partial charge in [-0.15, -0.1) is 0 Å². The molecule has 0 amide bonds. The summed E-state index contributed by atoms with van der Waals surface area (Å²) in [6, 6.07) is 7.58. The second kappa shape index (κ2) is 5.40. The van der Waals surface area contributed by atoms with Crippen LogP contribution in [0.15, 0.2) is 34.9 Å². The third-order valence-corrected chi connectivity index (χ3v) is 4.20. The molecular formula is C15H15BrN2O2. The number of aromatic nitrogens is 2. The molecule has 4 nitrogen and oxygen atoms in total. The first-order chi connectivity index (χ1) is 9.67. The fourth-order valence-electron chi connectivity index (χ4n) is 2.16. The van der Waals surface area contributed by atoms with Crippen molar-refractivity contribution in [3.63, 3.8) is 0 Å². The van der Waals surface area contributed by atoms with Crippen LogP contribution in [-0.2, 0) is 11.3 Å². The number of benzene rings is 1. The molecule has 0 bridgehead atoms. The average Bonchev–Trinajstić information content (AvgIpc) is 3.20. The lowest BCUT2D eigenvalue weighted by Gasteiger charge is -2.07. The summed E-state index contributed by atoms with van der Waals surface area (Å²) >= 11 is 3.50. The van der Waals surface area contributed by atoms with E-state index in [9.17, 15) is 4.79 Å². The van der Waals surface area contributed by atoms with E-state index in [2.05, 4.69) is 27.1 Å². The Balaban J connectivity index is 1.77. The van der Waals surface area contributed by atoms with E-state index >= 15 is 0 Å². The molecule has 5 heteroatoms. The van der Waals surface area contributed by atoms with Gasteiger partial charge in [0.1, 0.15) is 0 Å². The molecule has 1 heterocycles. The van der Waals surface area contributed by atoms with Crippen molar-refractivity contribution >= 4 is 21.9 Å². The minimum absolute atomic E-state index is 0.327. The van der Waals surface area contributed by atoms with Crippen LogP contribution in [0.25, 0.3) is 0 Å². The van der Waals surface area contributed by atoms with E-state index in [-0.39, 0.29) is 5.97 Å². The van der Waals surface area contributed by atoms with Gasteiger partial charge in [-0.25, -0.2) is 4.79 Å². The van der Waals surface area contributed by atoms with E-state index in [0.717, 1.165) is 10.0 Å². The van der Waals surface area contributed by atoms with E-state index < -0.39 is 0 Å². The second-order valence-electron chi connectivity index (χ2n) is 5.01. The van der Waals surface area contributed by atoms with Crippen LogP contribution in [0.4, 0.5) is 0 Å². The maximum absolute atomic E-state index is 11.5. The monoisotopic (exact) mass is 334 g/mol. The summed E-state index contributed by atoms with van der Waals surface area (Å²) in [4.78, 5) is 11.5. The van der Waals surface area contributed by atoms with Crippen LogP contribution in [-0.4, -0.2) is 22.9 Å². The quantitative estimate of drug-likeness (QED) is 0.805. The molecule has 1 aliphatic rings. The van der Waals surface area contributed by atoms with Crippen molar-refractivity contribution in [1.82, 2.24) is 9.78 Å². The molecule has 104 valence electrons. The SMILES string of the molecule is COC(=O)c1ccc(Cn2ccc(C3CC3)n2)c(Br)c1. The highest BCUT2D eigenvalue weighted by atomic mass is 79.9. The molecule has 1 aromatic heterocycles. The Labute approximate surface area is 125 Å². The number of methoxy groups -OCH3 is 1. The van der Waals surface area contributed by atoms with E-state index in [1.165, 1.54) is 25.6 Å². The molecule has 0 atom stereocenters. The molecule has 0 radical (unpaired) electrons. The summed E-state index contributed by atoms with van der Waals surface area (Å²) < 4.78 is 7.54. The van der Waals surface area contributed by atoms with Crippen molar-refractivity contribution in [2.45, 2.75) is 25.3 Å². The number of rotatable bonds is 4. The van der Waals surface area contributed by atoms with Crippen molar-refractivity contribution in [3.05, 3.63) is 51.8 Å². The number of nitrogens with zero attached hydrogens (tertiary/aromatic N) is 2. The summed E-state index contributed by atoms with van der Waals surface area (Å²) in [5, 5.41) is 4.59. The second-order valence-corrected chi connectivity index (χ2v) is 5.86. The fraction of sp³-hybridized carbons (Fsp3) is 0.333. The molecule has 1 aliphatic carbocycles. The molecule has 20 heavy (non-hydrogen) atoms. The highest BCUT2D eigenvalue weighted by Gasteiger charge is 2.25. The van der Waals surface area contributed by atoms with E-state index in [1.54, 1.807) is 12.1 Å². The number of halogens is 1. The molecule has 0 spiro atoms. The maximum atomic E-state index is 11.5. The van der Waals surface area contributed by atoms with Crippen molar-refractivity contribution < 1.29 is 9.53 Å². The molecule has 1 aromatic carbocycles. The van der Waals surface area contributed by atoms with Gasteiger partial charge >= 0.3 is 5.97 Å². The standard InChI is InChI=1S/C15H15BrN2O2/c1-20-15(19)11-4-5-12(13(16)8-11)9-18-7-6-14(17-18)10-2-3-10/h4-8,10H,2-3,9H2,1H3. The van der Waals surface area contributed by atoms with Crippen molar-refractivity contribution in [1.29, 1.82) is 0 Å². The first kappa shape index (κ1) is 13.4. The number of carbonyl (C=O) groups excluding carboxylic acids is 1. The molecule has 0 aliphatic heterocycles. The van der Waals surface area contributed by atoms with Gasteiger partial charge in [-0.1, -0.05) is 22.0 Å². The summed E-state index contributed by atoms with van der Waals surface area (Å²) in [5.74, 6) is 0.341. The van der Waals surface area contributed by atoms with E-state index in [0.29, 0.717) is 18.0 Å². The third-order valence-electron chi connectivity index (χ3n) is 3.46. The summed E-state index contributed by atoms with van der Waals surface area (Å²) in [7, 11) is 1.38. The van der Waals surface area contributed by atoms with Crippen LogP contribution >= 0.6 is 15.9 Å². The lowest BCUT2D eigenvalue weighted by Crippen LogP contribution is -2.05. The zero-order valence-electron chi connectivity index (χ0n) is 11.2. The topological polar surface area (TPSA) is 44.1 Å². The van der Waals surface area contributed by atoms with Gasteiger partial charge in [0, 0.05) is 16.6 Å². The number of hydrogen-bond acceptors (Lipinski definition) is 3. The Morgan fingerprint density at radius 1 is 1.45 bits per heavy atom. The van der Waals surface area contributed by atoms with Crippen molar-refractivity contribution in [2.24, 2.45) is 0 Å². The van der Waals surface area contributed by atoms with E-state index in [4.69, 9.17) is 4.74 Å². The largest absolute Gasteiger partial charge is 0.465 e. The van der Waals surface area contributed by atoms with Gasteiger partial charge in [-0.05, 0) is 36.6 Å². The Morgan fingerprint density at radius 3 is 2.90 bits per heavy atom. The van der Waals surface area contributed by atoms with Crippen molar-refractivity contribution in [3.8, 4) is 0 Å². The summed E-state index contributed by atoms with van der Waals surface area (Å²) in [6.45, 7) is 0.689. The lowest BCUT2D eigenvalue weighted by atomic mass is 10.1. The van der Waals surface area contributed by atoms with Gasteiger partial charge < -0.3 is 4.74 Å². The minimum Gasteiger partial charge on any atom is -0.465 e. The summed E-state index contributed by atoms with van der Waals surface area (Å²) in [6.07, 6.45) is 4.53. The van der Waals surface area contributed by atoms with Crippen LogP contribution in [0.3, 0.4) is 0 Å². The fourth-order valence-corrected chi connectivity index (χ4v) is 2.66. The number of hydrogen-bond donors (Lipinski definition) is 0. The first-order valence-corrected chi connectivity index (χ1v) is 7.37. The van der Waals surface area contributed by atoms with Crippen LogP contribution in [0.1, 0.15) is 40.4 Å². The molecule has 3 rings (SSSR count). The Hall–Kier alpha value is -1.62. The van der Waals surface area contributed by atoms with Crippen LogP contribution in [0.5, 0.6) is 0 Å². The average molecular weight is 335 g/mol. The number of carbonyl (C=O) groups is 1. The number of ether oxygens (including phenoxy) is 1. The van der Waals surface area contributed by atoms with Gasteiger partial charge in [-0.2, -0.15) is 5.10 Å². The van der Waals surface area contributed by atoms with E-state index in [1.807, 2.05) is 16.9 Å². The van der Waals surface area contributed by atoms with Crippen LogP contribution in [0.2, 0.25) is 0 Å². The maximum Gasteiger partial charge on any atom is 0.337 e. The zero-order valence-corrected chi connectivity index (χ0v) is 12.8. The predicted octanol–water partition coefficient (Wildman–Crippen LogP) is 3.36. The molecule has 1 saturated carbocycles. The van der Waals surface area contributed by atoms with Gasteiger partial charge in [0.25, 0.3) is 0 Å². The molecule has 1 fully saturated rings. The predicted molar refractivity (Wildman–Crippen MR) is 78.8 cm³/mol. The Kier molecular flexibility index (Phi) is 3.61. The smallest absolute Gasteiger partial charge is 0.337 e. The Bertz CT molecular complexity index is 647. The van der Waals surface area contributed by atoms with Crippen LogP contribution < -0.4 is 0 Å².